The van der Waals surface area contributed by atoms with E-state index in [1.807, 2.05) is 30.3 Å². The van der Waals surface area contributed by atoms with E-state index in [0.717, 1.165) is 11.1 Å². The molecule has 0 bridgehead atoms. The Labute approximate surface area is 219 Å². The molecule has 0 aliphatic heterocycles. The second kappa shape index (κ2) is 12.4. The Hall–Kier alpha value is -4.86. The van der Waals surface area contributed by atoms with Crippen molar-refractivity contribution < 1.29 is 33.1 Å². The zero-order chi connectivity index (χ0) is 26.9. The molecule has 1 amide bonds. The summed E-state index contributed by atoms with van der Waals surface area (Å²) in [4.78, 5) is 30.7. The van der Waals surface area contributed by atoms with Crippen molar-refractivity contribution in [3.63, 3.8) is 0 Å². The SMILES string of the molecule is COC(=O)CN(C(=O)Oc1ccc(OC)cc1)C(C)c1ccc(OCc2noc(-c3ccccc3)n2)cc1. The fourth-order valence-corrected chi connectivity index (χ4v) is 3.55. The molecule has 0 radical (unpaired) electrons. The summed E-state index contributed by atoms with van der Waals surface area (Å²) in [5, 5.41) is 3.96. The molecular weight excluding hydrogens is 490 g/mol. The maximum atomic E-state index is 13.0. The number of rotatable bonds is 10. The molecule has 0 aliphatic rings. The number of hydrogen-bond acceptors (Lipinski definition) is 9. The predicted molar refractivity (Wildman–Crippen MR) is 137 cm³/mol. The van der Waals surface area contributed by atoms with Crippen LogP contribution in [0, 0.1) is 0 Å². The highest BCUT2D eigenvalue weighted by Gasteiger charge is 2.26. The number of carbonyl (C=O) groups is 2. The van der Waals surface area contributed by atoms with Gasteiger partial charge in [-0.15, -0.1) is 0 Å². The first kappa shape index (κ1) is 26.2. The van der Waals surface area contributed by atoms with Gasteiger partial charge in [0.2, 0.25) is 5.82 Å². The van der Waals surface area contributed by atoms with Crippen molar-refractivity contribution in [1.29, 1.82) is 0 Å². The van der Waals surface area contributed by atoms with Gasteiger partial charge in [0.15, 0.2) is 6.61 Å². The largest absolute Gasteiger partial charge is 0.497 e. The van der Waals surface area contributed by atoms with Gasteiger partial charge >= 0.3 is 12.1 Å². The lowest BCUT2D eigenvalue weighted by Crippen LogP contribution is -2.40. The van der Waals surface area contributed by atoms with Gasteiger partial charge in [-0.05, 0) is 61.0 Å². The Morgan fingerprint density at radius 2 is 1.55 bits per heavy atom. The molecule has 38 heavy (non-hydrogen) atoms. The molecule has 1 atom stereocenters. The normalized spacial score (nSPS) is 11.3. The summed E-state index contributed by atoms with van der Waals surface area (Å²) in [6, 6.07) is 22.6. The quantitative estimate of drug-likeness (QED) is 0.266. The summed E-state index contributed by atoms with van der Waals surface area (Å²) < 4.78 is 26.5. The Morgan fingerprint density at radius 1 is 0.895 bits per heavy atom. The lowest BCUT2D eigenvalue weighted by Gasteiger charge is -2.27. The molecule has 1 heterocycles. The fraction of sp³-hybridized carbons (Fsp3) is 0.214. The van der Waals surface area contributed by atoms with Crippen LogP contribution in [0.1, 0.15) is 24.4 Å². The minimum Gasteiger partial charge on any atom is -0.497 e. The van der Waals surface area contributed by atoms with Gasteiger partial charge < -0.3 is 23.5 Å². The van der Waals surface area contributed by atoms with Crippen molar-refractivity contribution in [3.8, 4) is 28.7 Å². The van der Waals surface area contributed by atoms with Gasteiger partial charge in [-0.3, -0.25) is 9.69 Å². The first-order valence-electron chi connectivity index (χ1n) is 11.8. The van der Waals surface area contributed by atoms with Gasteiger partial charge in [-0.2, -0.15) is 4.98 Å². The molecule has 1 unspecified atom stereocenters. The number of methoxy groups -OCH3 is 2. The van der Waals surface area contributed by atoms with Crippen LogP contribution in [0.3, 0.4) is 0 Å². The molecular formula is C28H27N3O7. The Kier molecular flexibility index (Phi) is 8.55. The zero-order valence-electron chi connectivity index (χ0n) is 21.2. The fourth-order valence-electron chi connectivity index (χ4n) is 3.55. The molecule has 0 spiro atoms. The minimum absolute atomic E-state index is 0.119. The van der Waals surface area contributed by atoms with Gasteiger partial charge in [-0.1, -0.05) is 35.5 Å². The Balaban J connectivity index is 1.40. The van der Waals surface area contributed by atoms with Crippen LogP contribution >= 0.6 is 0 Å². The first-order chi connectivity index (χ1) is 18.5. The molecule has 4 rings (SSSR count). The van der Waals surface area contributed by atoms with Crippen LogP contribution in [-0.2, 0) is 16.1 Å². The van der Waals surface area contributed by atoms with Gasteiger partial charge in [-0.25, -0.2) is 4.79 Å². The molecule has 0 aliphatic carbocycles. The molecule has 4 aromatic rings. The molecule has 10 nitrogen and oxygen atoms in total. The number of benzene rings is 3. The number of esters is 1. The van der Waals surface area contributed by atoms with Crippen molar-refractivity contribution in [1.82, 2.24) is 15.0 Å². The smallest absolute Gasteiger partial charge is 0.416 e. The molecule has 0 saturated carbocycles. The van der Waals surface area contributed by atoms with E-state index in [1.54, 1.807) is 62.6 Å². The van der Waals surface area contributed by atoms with Gasteiger partial charge in [0, 0.05) is 5.56 Å². The number of aromatic nitrogens is 2. The zero-order valence-corrected chi connectivity index (χ0v) is 21.2. The Bertz CT molecular complexity index is 1340. The van der Waals surface area contributed by atoms with Crippen LogP contribution in [0.15, 0.2) is 83.4 Å². The van der Waals surface area contributed by atoms with Gasteiger partial charge in [0.1, 0.15) is 23.8 Å². The molecule has 0 N–H and O–H groups in total. The van der Waals surface area contributed by atoms with Crippen molar-refractivity contribution in [2.24, 2.45) is 0 Å². The van der Waals surface area contributed by atoms with Crippen LogP contribution in [-0.4, -0.2) is 47.9 Å². The highest BCUT2D eigenvalue weighted by molar-refractivity contribution is 5.79. The number of carbonyl (C=O) groups excluding carboxylic acids is 2. The maximum absolute atomic E-state index is 13.0. The van der Waals surface area contributed by atoms with Crippen molar-refractivity contribution >= 4 is 12.1 Å². The first-order valence-corrected chi connectivity index (χ1v) is 11.8. The maximum Gasteiger partial charge on any atom is 0.416 e. The molecule has 196 valence electrons. The summed E-state index contributed by atoms with van der Waals surface area (Å²) in [6.07, 6.45) is -0.695. The summed E-state index contributed by atoms with van der Waals surface area (Å²) in [5.41, 5.74) is 1.59. The second-order valence-corrected chi connectivity index (χ2v) is 8.16. The molecule has 1 aromatic heterocycles. The summed E-state index contributed by atoms with van der Waals surface area (Å²) in [6.45, 7) is 1.62. The topological polar surface area (TPSA) is 113 Å². The molecule has 3 aromatic carbocycles. The molecule has 10 heteroatoms. The average Bonchev–Trinajstić information content (AvgIpc) is 3.44. The van der Waals surface area contributed by atoms with E-state index in [2.05, 4.69) is 10.1 Å². The Morgan fingerprint density at radius 3 is 2.21 bits per heavy atom. The third kappa shape index (κ3) is 6.67. The van der Waals surface area contributed by atoms with E-state index < -0.39 is 18.1 Å². The van der Waals surface area contributed by atoms with E-state index >= 15 is 0 Å². The van der Waals surface area contributed by atoms with E-state index in [1.165, 1.54) is 12.0 Å². The van der Waals surface area contributed by atoms with Crippen LogP contribution in [0.4, 0.5) is 4.79 Å². The van der Waals surface area contributed by atoms with Crippen LogP contribution in [0.2, 0.25) is 0 Å². The third-order valence-electron chi connectivity index (χ3n) is 5.71. The lowest BCUT2D eigenvalue weighted by molar-refractivity contribution is -0.141. The van der Waals surface area contributed by atoms with E-state index in [0.29, 0.717) is 29.0 Å². The summed E-state index contributed by atoms with van der Waals surface area (Å²) >= 11 is 0. The van der Waals surface area contributed by atoms with Crippen molar-refractivity contribution in [2.75, 3.05) is 20.8 Å². The molecule has 0 fully saturated rings. The predicted octanol–water partition coefficient (Wildman–Crippen LogP) is 5.06. The average molecular weight is 518 g/mol. The molecule has 0 saturated heterocycles. The lowest BCUT2D eigenvalue weighted by atomic mass is 10.1. The second-order valence-electron chi connectivity index (χ2n) is 8.16. The van der Waals surface area contributed by atoms with Crippen molar-refractivity contribution in [3.05, 3.63) is 90.3 Å². The highest BCUT2D eigenvalue weighted by Crippen LogP contribution is 2.26. The number of nitrogens with zero attached hydrogens (tertiary/aromatic N) is 3. The standard InChI is InChI=1S/C28H27N3O7/c1-19(31(17-26(32)35-3)28(33)37-24-15-13-22(34-2)14-16-24)20-9-11-23(12-10-20)36-18-25-29-27(38-30-25)21-7-5-4-6-8-21/h4-16,19H,17-18H2,1-3H3. The van der Waals surface area contributed by atoms with Crippen molar-refractivity contribution in [2.45, 2.75) is 19.6 Å². The van der Waals surface area contributed by atoms with Gasteiger partial charge in [0.25, 0.3) is 5.89 Å². The van der Waals surface area contributed by atoms with E-state index in [-0.39, 0.29) is 13.2 Å². The van der Waals surface area contributed by atoms with E-state index in [9.17, 15) is 9.59 Å². The highest BCUT2D eigenvalue weighted by atomic mass is 16.6. The summed E-state index contributed by atoms with van der Waals surface area (Å²) in [5.74, 6) is 1.78. The number of ether oxygens (including phenoxy) is 4. The number of amides is 1. The minimum atomic E-state index is -0.695. The van der Waals surface area contributed by atoms with Gasteiger partial charge in [0.05, 0.1) is 20.3 Å². The summed E-state index contributed by atoms with van der Waals surface area (Å²) in [7, 11) is 2.81. The van der Waals surface area contributed by atoms with Crippen LogP contribution in [0.25, 0.3) is 11.5 Å². The monoisotopic (exact) mass is 517 g/mol. The third-order valence-corrected chi connectivity index (χ3v) is 5.71. The van der Waals surface area contributed by atoms with Crippen LogP contribution in [0.5, 0.6) is 17.2 Å². The van der Waals surface area contributed by atoms with Crippen LogP contribution < -0.4 is 14.2 Å². The number of hydrogen-bond donors (Lipinski definition) is 0. The van der Waals surface area contributed by atoms with E-state index in [4.69, 9.17) is 23.5 Å².